The lowest BCUT2D eigenvalue weighted by Crippen LogP contribution is -2.20. The number of halogens is 1. The van der Waals surface area contributed by atoms with Crippen LogP contribution in [-0.4, -0.2) is 20.7 Å². The van der Waals surface area contributed by atoms with Crippen LogP contribution in [0.1, 0.15) is 36.8 Å². The molecule has 5 nitrogen and oxygen atoms in total. The van der Waals surface area contributed by atoms with E-state index in [2.05, 4.69) is 36.3 Å². The summed E-state index contributed by atoms with van der Waals surface area (Å²) in [6, 6.07) is 1.77. The predicted molar refractivity (Wildman–Crippen MR) is 75.7 cm³/mol. The fourth-order valence-electron chi connectivity index (χ4n) is 1.63. The summed E-state index contributed by atoms with van der Waals surface area (Å²) in [6.45, 7) is 8.01. The zero-order valence-corrected chi connectivity index (χ0v) is 12.2. The summed E-state index contributed by atoms with van der Waals surface area (Å²) in [4.78, 5) is 12.1. The van der Waals surface area contributed by atoms with E-state index in [1.165, 1.54) is 0 Å². The monoisotopic (exact) mass is 280 g/mol. The number of carbonyl (C=O) groups excluding carboxylic acids is 1. The highest BCUT2D eigenvalue weighted by molar-refractivity contribution is 6.34. The number of aryl methyl sites for hydroxylation is 1. The Morgan fingerprint density at radius 1 is 1.47 bits per heavy atom. The molecule has 2 rings (SSSR count). The first-order valence-corrected chi connectivity index (χ1v) is 6.37. The molecule has 0 bridgehead atoms. The van der Waals surface area contributed by atoms with Crippen molar-refractivity contribution in [3.8, 4) is 0 Å². The van der Waals surface area contributed by atoms with Gasteiger partial charge in [0.1, 0.15) is 5.02 Å². The molecule has 0 spiro atoms. The average molecular weight is 281 g/mol. The minimum atomic E-state index is -0.226. The van der Waals surface area contributed by atoms with Crippen molar-refractivity contribution in [3.05, 3.63) is 34.7 Å². The van der Waals surface area contributed by atoms with Crippen molar-refractivity contribution in [1.29, 1.82) is 0 Å². The van der Waals surface area contributed by atoms with E-state index < -0.39 is 0 Å². The van der Waals surface area contributed by atoms with Gasteiger partial charge in [-0.3, -0.25) is 9.89 Å². The van der Waals surface area contributed by atoms with E-state index >= 15 is 0 Å². The van der Waals surface area contributed by atoms with Crippen molar-refractivity contribution in [2.45, 2.75) is 33.2 Å². The Bertz CT molecular complexity index is 606. The number of nitrogens with one attached hydrogen (secondary N) is 2. The number of carbonyl (C=O) groups is 1. The Kier molecular flexibility index (Phi) is 3.41. The normalized spacial score (nSPS) is 11.6. The van der Waals surface area contributed by atoms with Crippen LogP contribution in [0.15, 0.2) is 18.5 Å². The fraction of sp³-hybridized carbons (Fsp3) is 0.385. The minimum absolute atomic E-state index is 0.0565. The number of amides is 1. The summed E-state index contributed by atoms with van der Waals surface area (Å²) < 4.78 is 1.99. The highest BCUT2D eigenvalue weighted by Crippen LogP contribution is 2.23. The first kappa shape index (κ1) is 13.7. The third-order valence-corrected chi connectivity index (χ3v) is 3.30. The van der Waals surface area contributed by atoms with Crippen LogP contribution >= 0.6 is 11.6 Å². The van der Waals surface area contributed by atoms with Crippen LogP contribution in [0.3, 0.4) is 0 Å². The summed E-state index contributed by atoms with van der Waals surface area (Å²) >= 11 is 6.00. The molecule has 0 saturated carbocycles. The standard InChI is InChI=1S/C13H17ClN4O/c1-8-10(14)11(17-16-8)15-12(19)9-5-6-18(7-9)13(2,3)4/h5-7H,1-4H3,(H2,15,16,17,19). The first-order chi connectivity index (χ1) is 8.79. The highest BCUT2D eigenvalue weighted by Gasteiger charge is 2.17. The molecule has 0 aliphatic rings. The molecule has 0 atom stereocenters. The Balaban J connectivity index is 2.17. The SMILES string of the molecule is Cc1[nH]nc(NC(=O)c2ccn(C(C)(C)C)c2)c1Cl. The van der Waals surface area contributed by atoms with E-state index in [1.54, 1.807) is 13.0 Å². The van der Waals surface area contributed by atoms with Crippen molar-refractivity contribution in [1.82, 2.24) is 14.8 Å². The van der Waals surface area contributed by atoms with E-state index in [-0.39, 0.29) is 11.4 Å². The van der Waals surface area contributed by atoms with Crippen LogP contribution in [-0.2, 0) is 5.54 Å². The van der Waals surface area contributed by atoms with Gasteiger partial charge in [-0.1, -0.05) is 11.6 Å². The number of H-pyrrole nitrogens is 1. The van der Waals surface area contributed by atoms with Gasteiger partial charge in [-0.05, 0) is 33.8 Å². The molecule has 6 heteroatoms. The van der Waals surface area contributed by atoms with Crippen LogP contribution in [0.25, 0.3) is 0 Å². The third kappa shape index (κ3) is 2.81. The maximum Gasteiger partial charge on any atom is 0.258 e. The molecule has 0 aliphatic heterocycles. The van der Waals surface area contributed by atoms with Crippen molar-refractivity contribution in [2.24, 2.45) is 0 Å². The lowest BCUT2D eigenvalue weighted by atomic mass is 10.1. The van der Waals surface area contributed by atoms with Crippen molar-refractivity contribution in [2.75, 3.05) is 5.32 Å². The van der Waals surface area contributed by atoms with Crippen molar-refractivity contribution in [3.63, 3.8) is 0 Å². The van der Waals surface area contributed by atoms with Crippen molar-refractivity contribution < 1.29 is 4.79 Å². The van der Waals surface area contributed by atoms with Crippen LogP contribution < -0.4 is 5.32 Å². The van der Waals surface area contributed by atoms with Crippen LogP contribution in [0.2, 0.25) is 5.02 Å². The van der Waals surface area contributed by atoms with E-state index in [1.807, 2.05) is 17.0 Å². The van der Waals surface area contributed by atoms with Gasteiger partial charge < -0.3 is 9.88 Å². The van der Waals surface area contributed by atoms with Gasteiger partial charge in [0.25, 0.3) is 5.91 Å². The van der Waals surface area contributed by atoms with E-state index in [4.69, 9.17) is 11.6 Å². The summed E-state index contributed by atoms with van der Waals surface area (Å²) in [6.07, 6.45) is 3.69. The second-order valence-electron chi connectivity index (χ2n) is 5.44. The Hall–Kier alpha value is -1.75. The third-order valence-electron chi connectivity index (χ3n) is 2.83. The van der Waals surface area contributed by atoms with E-state index in [0.717, 1.165) is 5.69 Å². The summed E-state index contributed by atoms with van der Waals surface area (Å²) in [5, 5.41) is 9.78. The number of rotatable bonds is 2. The quantitative estimate of drug-likeness (QED) is 0.887. The second-order valence-corrected chi connectivity index (χ2v) is 5.82. The van der Waals surface area contributed by atoms with Crippen LogP contribution in [0, 0.1) is 6.92 Å². The molecule has 0 radical (unpaired) electrons. The lowest BCUT2D eigenvalue weighted by Gasteiger charge is -2.20. The van der Waals surface area contributed by atoms with Gasteiger partial charge in [-0.25, -0.2) is 0 Å². The molecular formula is C13H17ClN4O. The zero-order chi connectivity index (χ0) is 14.2. The topological polar surface area (TPSA) is 62.7 Å². The summed E-state index contributed by atoms with van der Waals surface area (Å²) in [7, 11) is 0. The second kappa shape index (κ2) is 4.74. The zero-order valence-electron chi connectivity index (χ0n) is 11.4. The number of aromatic nitrogens is 3. The molecular weight excluding hydrogens is 264 g/mol. The number of hydrogen-bond donors (Lipinski definition) is 2. The van der Waals surface area contributed by atoms with Crippen molar-refractivity contribution >= 4 is 23.3 Å². The first-order valence-electron chi connectivity index (χ1n) is 5.99. The Labute approximate surface area is 117 Å². The molecule has 0 aromatic carbocycles. The molecule has 2 N–H and O–H groups in total. The highest BCUT2D eigenvalue weighted by atomic mass is 35.5. The predicted octanol–water partition coefficient (Wildman–Crippen LogP) is 3.18. The minimum Gasteiger partial charge on any atom is -0.348 e. The number of anilines is 1. The van der Waals surface area contributed by atoms with Gasteiger partial charge in [-0.15, -0.1) is 0 Å². The van der Waals surface area contributed by atoms with Gasteiger partial charge >= 0.3 is 0 Å². The summed E-state index contributed by atoms with van der Waals surface area (Å²) in [5.41, 5.74) is 1.25. The number of hydrogen-bond acceptors (Lipinski definition) is 2. The Morgan fingerprint density at radius 3 is 2.63 bits per heavy atom. The summed E-state index contributed by atoms with van der Waals surface area (Å²) in [5.74, 6) is 0.129. The van der Waals surface area contributed by atoms with Gasteiger partial charge in [0, 0.05) is 17.9 Å². The molecule has 1 amide bonds. The number of nitrogens with zero attached hydrogens (tertiary/aromatic N) is 2. The van der Waals surface area contributed by atoms with Gasteiger partial charge in [0.15, 0.2) is 5.82 Å². The smallest absolute Gasteiger partial charge is 0.258 e. The molecule has 0 aliphatic carbocycles. The molecule has 19 heavy (non-hydrogen) atoms. The van der Waals surface area contributed by atoms with Gasteiger partial charge in [0.2, 0.25) is 0 Å². The van der Waals surface area contributed by atoms with Gasteiger partial charge in [0.05, 0.1) is 11.3 Å². The maximum atomic E-state index is 12.1. The molecule has 0 saturated heterocycles. The van der Waals surface area contributed by atoms with Gasteiger partial charge in [-0.2, -0.15) is 5.10 Å². The van der Waals surface area contributed by atoms with Crippen LogP contribution in [0.5, 0.6) is 0 Å². The molecule has 2 heterocycles. The fourth-order valence-corrected chi connectivity index (χ4v) is 1.76. The van der Waals surface area contributed by atoms with E-state index in [9.17, 15) is 4.79 Å². The molecule has 2 aromatic rings. The molecule has 102 valence electrons. The molecule has 0 fully saturated rings. The van der Waals surface area contributed by atoms with Crippen LogP contribution in [0.4, 0.5) is 5.82 Å². The molecule has 2 aromatic heterocycles. The average Bonchev–Trinajstić information content (AvgIpc) is 2.91. The van der Waals surface area contributed by atoms with E-state index in [0.29, 0.717) is 16.4 Å². The number of aromatic amines is 1. The lowest BCUT2D eigenvalue weighted by molar-refractivity contribution is 0.102. The maximum absolute atomic E-state index is 12.1. The Morgan fingerprint density at radius 2 is 2.16 bits per heavy atom. The molecule has 0 unspecified atom stereocenters. The largest absolute Gasteiger partial charge is 0.348 e.